The van der Waals surface area contributed by atoms with Crippen molar-refractivity contribution in [3.05, 3.63) is 86.9 Å². The summed E-state index contributed by atoms with van der Waals surface area (Å²) in [5, 5.41) is 18.1. The number of hydrazone groups is 1. The quantitative estimate of drug-likeness (QED) is 0.228. The fourth-order valence-electron chi connectivity index (χ4n) is 4.10. The molecule has 0 fully saturated rings. The molecule has 10 nitrogen and oxygen atoms in total. The topological polar surface area (TPSA) is 136 Å². The summed E-state index contributed by atoms with van der Waals surface area (Å²) in [6.45, 7) is 4.53. The normalized spacial score (nSPS) is 13.6. The first-order valence-electron chi connectivity index (χ1n) is 12.2. The predicted octanol–water partition coefficient (Wildman–Crippen LogP) is 5.40. The number of amides is 2. The number of fused-ring (bicyclic) bond motifs is 1. The fourth-order valence-corrected chi connectivity index (χ4v) is 4.10. The van der Waals surface area contributed by atoms with Gasteiger partial charge >= 0.3 is 0 Å². The zero-order valence-electron chi connectivity index (χ0n) is 20.7. The van der Waals surface area contributed by atoms with Crippen molar-refractivity contribution in [2.45, 2.75) is 46.0 Å². The molecule has 0 unspecified atom stereocenters. The van der Waals surface area contributed by atoms with Gasteiger partial charge in [0.2, 0.25) is 0 Å². The van der Waals surface area contributed by atoms with Crippen LogP contribution in [0.25, 0.3) is 0 Å². The molecule has 1 aliphatic carbocycles. The van der Waals surface area contributed by atoms with Crippen LogP contribution in [0.1, 0.15) is 70.4 Å². The number of carbonyl (C=O) groups is 2. The van der Waals surface area contributed by atoms with Crippen LogP contribution in [0.4, 0.5) is 11.4 Å². The zero-order chi connectivity index (χ0) is 26.4. The highest BCUT2D eigenvalue weighted by molar-refractivity contribution is 6.09. The number of aryl methyl sites for hydroxylation is 1. The maximum atomic E-state index is 13.0. The van der Waals surface area contributed by atoms with Gasteiger partial charge in [0.05, 0.1) is 17.2 Å². The van der Waals surface area contributed by atoms with E-state index in [1.54, 1.807) is 31.2 Å². The molecule has 0 radical (unpaired) electrons. The monoisotopic (exact) mass is 504 g/mol. The Bertz CT molecular complexity index is 1340. The van der Waals surface area contributed by atoms with Crippen LogP contribution >= 0.6 is 0 Å². The van der Waals surface area contributed by atoms with Crippen molar-refractivity contribution in [2.24, 2.45) is 5.10 Å². The molecule has 0 atom stereocenters. The number of hydrogen-bond donors (Lipinski definition) is 2. The van der Waals surface area contributed by atoms with Gasteiger partial charge in [-0.15, -0.1) is 0 Å². The van der Waals surface area contributed by atoms with Gasteiger partial charge in [0.15, 0.2) is 5.76 Å². The molecule has 0 spiro atoms. The third kappa shape index (κ3) is 6.03. The van der Waals surface area contributed by atoms with E-state index in [0.717, 1.165) is 25.0 Å². The van der Waals surface area contributed by atoms with Crippen LogP contribution in [0.2, 0.25) is 0 Å². The molecule has 4 rings (SSSR count). The van der Waals surface area contributed by atoms with Gasteiger partial charge < -0.3 is 14.5 Å². The molecule has 192 valence electrons. The Hall–Kier alpha value is -4.47. The summed E-state index contributed by atoms with van der Waals surface area (Å²) >= 11 is 0. The molecule has 0 aliphatic heterocycles. The third-order valence-electron chi connectivity index (χ3n) is 6.02. The van der Waals surface area contributed by atoms with Crippen LogP contribution in [0.15, 0.2) is 58.0 Å². The molecule has 0 saturated heterocycles. The van der Waals surface area contributed by atoms with Gasteiger partial charge in [-0.3, -0.25) is 19.7 Å². The number of furan rings is 1. The molecule has 10 heteroatoms. The second-order valence-corrected chi connectivity index (χ2v) is 8.70. The predicted molar refractivity (Wildman–Crippen MR) is 138 cm³/mol. The summed E-state index contributed by atoms with van der Waals surface area (Å²) in [7, 11) is 0. The van der Waals surface area contributed by atoms with E-state index in [4.69, 9.17) is 9.15 Å². The minimum Gasteiger partial charge on any atom is -0.494 e. The average Bonchev–Trinajstić information content (AvgIpc) is 3.25. The number of ether oxygens (including phenoxy) is 1. The Morgan fingerprint density at radius 2 is 1.92 bits per heavy atom. The first kappa shape index (κ1) is 25.6. The highest BCUT2D eigenvalue weighted by Gasteiger charge is 2.28. The van der Waals surface area contributed by atoms with E-state index in [9.17, 15) is 19.7 Å². The highest BCUT2D eigenvalue weighted by atomic mass is 16.6. The number of nitro benzene ring substituents is 1. The number of nitrogens with one attached hydrogen (secondary N) is 2. The van der Waals surface area contributed by atoms with Crippen LogP contribution in [-0.2, 0) is 6.42 Å². The van der Waals surface area contributed by atoms with Gasteiger partial charge in [-0.25, -0.2) is 5.43 Å². The second-order valence-electron chi connectivity index (χ2n) is 8.70. The molecular formula is C27H28N4O6. The van der Waals surface area contributed by atoms with Gasteiger partial charge in [0.25, 0.3) is 17.5 Å². The van der Waals surface area contributed by atoms with Crippen LogP contribution in [0, 0.1) is 17.0 Å². The molecule has 0 saturated carbocycles. The SMILES string of the molecule is CCCCOc1ccc(NC(=O)c2oc3c(c2C)/C(=N/NC(=O)c2cccc([N+](=O)[O-])c2)CCC3)cc1. The molecule has 1 aromatic heterocycles. The number of carbonyl (C=O) groups excluding carboxylic acids is 2. The van der Waals surface area contributed by atoms with Crippen molar-refractivity contribution in [2.75, 3.05) is 11.9 Å². The lowest BCUT2D eigenvalue weighted by Gasteiger charge is -2.13. The molecule has 1 heterocycles. The summed E-state index contributed by atoms with van der Waals surface area (Å²) < 4.78 is 11.6. The van der Waals surface area contributed by atoms with Crippen molar-refractivity contribution in [3.8, 4) is 5.75 Å². The summed E-state index contributed by atoms with van der Waals surface area (Å²) in [5.41, 5.74) is 4.96. The molecule has 2 aromatic carbocycles. The van der Waals surface area contributed by atoms with Crippen LogP contribution in [0.3, 0.4) is 0 Å². The summed E-state index contributed by atoms with van der Waals surface area (Å²) in [6, 6.07) is 12.6. The van der Waals surface area contributed by atoms with Gasteiger partial charge in [-0.05, 0) is 56.5 Å². The first-order chi connectivity index (χ1) is 17.9. The van der Waals surface area contributed by atoms with Crippen LogP contribution in [0.5, 0.6) is 5.75 Å². The van der Waals surface area contributed by atoms with Crippen molar-refractivity contribution in [3.63, 3.8) is 0 Å². The highest BCUT2D eigenvalue weighted by Crippen LogP contribution is 2.30. The van der Waals surface area contributed by atoms with E-state index in [2.05, 4.69) is 22.8 Å². The molecule has 1 aliphatic rings. The summed E-state index contributed by atoms with van der Waals surface area (Å²) in [4.78, 5) is 36.0. The molecule has 2 amide bonds. The molecule has 2 N–H and O–H groups in total. The third-order valence-corrected chi connectivity index (χ3v) is 6.02. The summed E-state index contributed by atoms with van der Waals surface area (Å²) in [6.07, 6.45) is 4.00. The molecular weight excluding hydrogens is 476 g/mol. The number of non-ortho nitro benzene ring substituents is 1. The zero-order valence-corrected chi connectivity index (χ0v) is 20.7. The summed E-state index contributed by atoms with van der Waals surface area (Å²) in [5.74, 6) is 0.616. The van der Waals surface area contributed by atoms with Gasteiger partial charge in [-0.2, -0.15) is 5.10 Å². The molecule has 3 aromatic rings. The Morgan fingerprint density at radius 1 is 1.14 bits per heavy atom. The number of rotatable bonds is 9. The lowest BCUT2D eigenvalue weighted by molar-refractivity contribution is -0.384. The van der Waals surface area contributed by atoms with E-state index in [-0.39, 0.29) is 22.9 Å². The number of nitro groups is 1. The van der Waals surface area contributed by atoms with Gasteiger partial charge in [-0.1, -0.05) is 19.4 Å². The Balaban J connectivity index is 1.47. The maximum absolute atomic E-state index is 13.0. The number of nitrogens with zero attached hydrogens (tertiary/aromatic N) is 2. The minimum absolute atomic E-state index is 0.125. The Morgan fingerprint density at radius 3 is 2.65 bits per heavy atom. The van der Waals surface area contributed by atoms with Gasteiger partial charge in [0.1, 0.15) is 11.5 Å². The van der Waals surface area contributed by atoms with E-state index in [0.29, 0.717) is 47.7 Å². The van der Waals surface area contributed by atoms with E-state index in [1.165, 1.54) is 24.3 Å². The number of hydrogen-bond acceptors (Lipinski definition) is 7. The Labute approximate surface area is 213 Å². The van der Waals surface area contributed by atoms with Gasteiger partial charge in [0, 0.05) is 40.9 Å². The lowest BCUT2D eigenvalue weighted by Crippen LogP contribution is -2.22. The molecule has 37 heavy (non-hydrogen) atoms. The number of benzene rings is 2. The maximum Gasteiger partial charge on any atom is 0.291 e. The largest absolute Gasteiger partial charge is 0.494 e. The van der Waals surface area contributed by atoms with Crippen LogP contribution < -0.4 is 15.5 Å². The van der Waals surface area contributed by atoms with E-state index >= 15 is 0 Å². The minimum atomic E-state index is -0.565. The smallest absolute Gasteiger partial charge is 0.291 e. The number of anilines is 1. The van der Waals surface area contributed by atoms with Crippen molar-refractivity contribution >= 4 is 28.9 Å². The van der Waals surface area contributed by atoms with E-state index in [1.807, 2.05) is 0 Å². The standard InChI is InChI=1S/C27H28N4O6/c1-3-4-15-36-21-13-11-19(12-14-21)28-27(33)25-17(2)24-22(9-6-10-23(24)37-25)29-30-26(32)18-7-5-8-20(16-18)31(34)35/h5,7-8,11-14,16H,3-4,6,9-10,15H2,1-2H3,(H,28,33)(H,30,32)/b29-22+. The average molecular weight is 505 g/mol. The van der Waals surface area contributed by atoms with Crippen molar-refractivity contribution in [1.82, 2.24) is 5.43 Å². The van der Waals surface area contributed by atoms with E-state index < -0.39 is 10.8 Å². The van der Waals surface area contributed by atoms with Crippen molar-refractivity contribution < 1.29 is 23.7 Å². The van der Waals surface area contributed by atoms with Crippen LogP contribution in [-0.4, -0.2) is 29.1 Å². The lowest BCUT2D eigenvalue weighted by atomic mass is 9.93. The fraction of sp³-hybridized carbons (Fsp3) is 0.296. The van der Waals surface area contributed by atoms with Crippen molar-refractivity contribution in [1.29, 1.82) is 0 Å². The number of unbranched alkanes of at least 4 members (excludes halogenated alkanes) is 1. The first-order valence-corrected chi connectivity index (χ1v) is 12.2. The second kappa shape index (κ2) is 11.5. The molecule has 0 bridgehead atoms. The Kier molecular flexibility index (Phi) is 7.97.